The molecule has 60 heavy (non-hydrogen) atoms. The third-order valence-electron chi connectivity index (χ3n) is 13.2. The van der Waals surface area contributed by atoms with E-state index in [9.17, 15) is 22.8 Å². The third kappa shape index (κ3) is 8.75. The molecular weight excluding hydrogens is 783 g/mol. The Labute approximate surface area is 352 Å². The van der Waals surface area contributed by atoms with Crippen molar-refractivity contribution >= 4 is 44.6 Å². The van der Waals surface area contributed by atoms with Crippen LogP contribution >= 0.6 is 0 Å². The van der Waals surface area contributed by atoms with Crippen LogP contribution in [0.15, 0.2) is 66.7 Å². The number of benzene rings is 2. The molecule has 2 saturated heterocycles. The Kier molecular flexibility index (Phi) is 12.0. The van der Waals surface area contributed by atoms with E-state index in [0.717, 1.165) is 55.9 Å². The lowest BCUT2D eigenvalue weighted by Gasteiger charge is -2.40. The molecule has 0 radical (unpaired) electrons. The number of ether oxygens (including phenoxy) is 2. The van der Waals surface area contributed by atoms with Crippen molar-refractivity contribution in [2.45, 2.75) is 132 Å². The molecule has 0 spiro atoms. The van der Waals surface area contributed by atoms with Crippen molar-refractivity contribution < 1.29 is 37.1 Å². The standard InChI is InChI=1S/C46H57N5O8S/c1-29-13-12-14-30(2)51(29)42(52)23-32-17-8-5-4-6-11-18-33-27-46(33,45(55)49-60(56,57)36-20-21-36)48-43(53)40-25-35(28-50(40)44(32)54)59-41-26-38(31-15-9-7-10-16-31)47-39-24-34(58-3)19-22-37(39)41/h7,9-11,15-16,18-19,22,24,26,29-30,32-33,35-36,40H,4-6,8,12-14,17,20-21,23,25,27-28H2,1-3H3,(H,48,53)(H,49,55)/b18-11-/t29-,30+,32-,33-,35-,40+,46-/m1/s1. The number of allylic oxidation sites excluding steroid dienone is 1. The van der Waals surface area contributed by atoms with Gasteiger partial charge in [-0.25, -0.2) is 13.4 Å². The zero-order valence-electron chi connectivity index (χ0n) is 34.8. The van der Waals surface area contributed by atoms with E-state index >= 15 is 4.79 Å². The van der Waals surface area contributed by atoms with Gasteiger partial charge in [-0.05, 0) is 83.8 Å². The molecule has 3 aromatic rings. The molecule has 4 amide bonds. The van der Waals surface area contributed by atoms with Crippen molar-refractivity contribution in [1.29, 1.82) is 0 Å². The van der Waals surface area contributed by atoms with E-state index in [4.69, 9.17) is 14.5 Å². The van der Waals surface area contributed by atoms with Crippen LogP contribution in [0.1, 0.15) is 97.3 Å². The van der Waals surface area contributed by atoms with Crippen molar-refractivity contribution in [3.63, 3.8) is 0 Å². The predicted octanol–water partition coefficient (Wildman–Crippen LogP) is 6.06. The summed E-state index contributed by atoms with van der Waals surface area (Å²) < 4.78 is 40.6. The van der Waals surface area contributed by atoms with Crippen LogP contribution in [0.25, 0.3) is 22.2 Å². The minimum atomic E-state index is -3.89. The number of methoxy groups -OCH3 is 1. The summed E-state index contributed by atoms with van der Waals surface area (Å²) in [6, 6.07) is 16.2. The number of hydrogen-bond acceptors (Lipinski definition) is 9. The highest BCUT2D eigenvalue weighted by atomic mass is 32.2. The molecule has 0 unspecified atom stereocenters. The van der Waals surface area contributed by atoms with Crippen molar-refractivity contribution in [2.75, 3.05) is 13.7 Å². The van der Waals surface area contributed by atoms with E-state index in [1.807, 2.05) is 71.6 Å². The monoisotopic (exact) mass is 839 g/mol. The van der Waals surface area contributed by atoms with Gasteiger partial charge in [0.2, 0.25) is 27.7 Å². The van der Waals surface area contributed by atoms with Gasteiger partial charge in [0.05, 0.1) is 30.1 Å². The van der Waals surface area contributed by atoms with Crippen molar-refractivity contribution in [3.05, 3.63) is 66.7 Å². The molecule has 13 nitrogen and oxygen atoms in total. The molecule has 4 heterocycles. The number of aromatic nitrogens is 1. The van der Waals surface area contributed by atoms with Crippen LogP contribution in [0.5, 0.6) is 11.5 Å². The summed E-state index contributed by atoms with van der Waals surface area (Å²) >= 11 is 0. The fourth-order valence-corrected chi connectivity index (χ4v) is 10.9. The summed E-state index contributed by atoms with van der Waals surface area (Å²) in [4.78, 5) is 66.1. The lowest BCUT2D eigenvalue weighted by Crippen LogP contribution is -2.57. The lowest BCUT2D eigenvalue weighted by atomic mass is 9.92. The van der Waals surface area contributed by atoms with E-state index in [2.05, 4.69) is 23.9 Å². The van der Waals surface area contributed by atoms with Crippen molar-refractivity contribution in [1.82, 2.24) is 24.8 Å². The van der Waals surface area contributed by atoms with Gasteiger partial charge < -0.3 is 24.6 Å². The average Bonchev–Trinajstić information content (AvgIpc) is 4.16. The molecule has 2 N–H and O–H groups in total. The van der Waals surface area contributed by atoms with E-state index in [0.29, 0.717) is 42.0 Å². The number of nitrogens with one attached hydrogen (secondary N) is 2. The van der Waals surface area contributed by atoms with E-state index in [1.54, 1.807) is 12.0 Å². The molecule has 14 heteroatoms. The Morgan fingerprint density at radius 1 is 0.950 bits per heavy atom. The summed E-state index contributed by atoms with van der Waals surface area (Å²) in [6.45, 7) is 4.20. The first-order valence-electron chi connectivity index (χ1n) is 21.7. The number of pyridine rings is 1. The first-order valence-corrected chi connectivity index (χ1v) is 23.3. The van der Waals surface area contributed by atoms with Crippen LogP contribution < -0.4 is 19.5 Å². The van der Waals surface area contributed by atoms with E-state index in [1.165, 1.54) is 0 Å². The molecule has 0 bridgehead atoms. The summed E-state index contributed by atoms with van der Waals surface area (Å²) in [6.07, 6.45) is 11.1. The molecule has 8 rings (SSSR count). The van der Waals surface area contributed by atoms with Gasteiger partial charge in [0, 0.05) is 59.8 Å². The molecule has 4 fully saturated rings. The maximum Gasteiger partial charge on any atom is 0.259 e. The largest absolute Gasteiger partial charge is 0.497 e. The zero-order valence-corrected chi connectivity index (χ0v) is 35.6. The normalized spacial score (nSPS) is 29.3. The number of sulfonamides is 1. The summed E-state index contributed by atoms with van der Waals surface area (Å²) in [5, 5.41) is 3.08. The molecule has 7 atom stereocenters. The molecule has 2 saturated carbocycles. The molecule has 2 aliphatic carbocycles. The number of piperidine rings is 1. The second-order valence-electron chi connectivity index (χ2n) is 17.6. The van der Waals surface area contributed by atoms with Crippen molar-refractivity contribution in [3.8, 4) is 22.8 Å². The molecular formula is C46H57N5O8S. The average molecular weight is 840 g/mol. The van der Waals surface area contributed by atoms with Crippen LogP contribution in [0, 0.1) is 11.8 Å². The molecule has 3 aliphatic heterocycles. The molecule has 2 aromatic carbocycles. The number of nitrogens with zero attached hydrogens (tertiary/aromatic N) is 3. The highest BCUT2D eigenvalue weighted by Crippen LogP contribution is 2.46. The van der Waals surface area contributed by atoms with Crippen LogP contribution in [-0.2, 0) is 29.2 Å². The fraction of sp³-hybridized carbons (Fsp3) is 0.543. The summed E-state index contributed by atoms with van der Waals surface area (Å²) in [5.41, 5.74) is 0.721. The van der Waals surface area contributed by atoms with Gasteiger partial charge >= 0.3 is 0 Å². The second-order valence-corrected chi connectivity index (χ2v) is 19.5. The first kappa shape index (κ1) is 41.7. The van der Waals surface area contributed by atoms with Gasteiger partial charge in [0.15, 0.2) is 0 Å². The number of fused-ring (bicyclic) bond motifs is 3. The maximum absolute atomic E-state index is 15.0. The number of carbonyl (C=O) groups excluding carboxylic acids is 4. The smallest absolute Gasteiger partial charge is 0.259 e. The Morgan fingerprint density at radius 2 is 1.72 bits per heavy atom. The van der Waals surface area contributed by atoms with Gasteiger partial charge in [0.1, 0.15) is 29.2 Å². The van der Waals surface area contributed by atoms with Gasteiger partial charge in [-0.1, -0.05) is 55.3 Å². The van der Waals surface area contributed by atoms with Crippen LogP contribution in [-0.4, -0.2) is 95.5 Å². The Bertz CT molecular complexity index is 2250. The number of hydrogen-bond donors (Lipinski definition) is 2. The Morgan fingerprint density at radius 3 is 2.45 bits per heavy atom. The SMILES string of the molecule is COc1ccc2c(O[C@@H]3C[C@H]4C(=O)N[C@]5(C(=O)NS(=O)(=O)C6CC6)C[C@H]5/C=C\CCCCC[C@H](CC(=O)N5[C@H](C)CCC[C@@H]5C)C(=O)N4C3)cc(-c3ccccc3)nc2c1. The third-order valence-corrected chi connectivity index (χ3v) is 15.0. The fourth-order valence-electron chi connectivity index (χ4n) is 9.55. The topological polar surface area (TPSA) is 164 Å². The Hall–Kier alpha value is -4.98. The number of amides is 4. The predicted molar refractivity (Wildman–Crippen MR) is 227 cm³/mol. The van der Waals surface area contributed by atoms with Crippen LogP contribution in [0.4, 0.5) is 0 Å². The quantitative estimate of drug-likeness (QED) is 0.244. The van der Waals surface area contributed by atoms with E-state index in [-0.39, 0.29) is 49.7 Å². The number of carbonyl (C=O) groups is 4. The van der Waals surface area contributed by atoms with Crippen LogP contribution in [0.2, 0.25) is 0 Å². The van der Waals surface area contributed by atoms with Crippen LogP contribution in [0.3, 0.4) is 0 Å². The minimum Gasteiger partial charge on any atom is -0.497 e. The highest BCUT2D eigenvalue weighted by molar-refractivity contribution is 7.91. The summed E-state index contributed by atoms with van der Waals surface area (Å²) in [7, 11) is -2.30. The highest BCUT2D eigenvalue weighted by Gasteiger charge is 2.62. The molecule has 1 aromatic heterocycles. The van der Waals surface area contributed by atoms with Gasteiger partial charge in [0.25, 0.3) is 5.91 Å². The maximum atomic E-state index is 15.0. The second kappa shape index (κ2) is 17.2. The number of likely N-dealkylation sites (tertiary alicyclic amines) is 1. The van der Waals surface area contributed by atoms with Gasteiger partial charge in [-0.3, -0.25) is 23.9 Å². The first-order chi connectivity index (χ1) is 28.9. The minimum absolute atomic E-state index is 0.0362. The van der Waals surface area contributed by atoms with Crippen molar-refractivity contribution in [2.24, 2.45) is 11.8 Å². The molecule has 5 aliphatic rings. The lowest BCUT2D eigenvalue weighted by molar-refractivity contribution is -0.147. The summed E-state index contributed by atoms with van der Waals surface area (Å²) in [5.74, 6) is -1.59. The van der Waals surface area contributed by atoms with Gasteiger partial charge in [-0.15, -0.1) is 0 Å². The zero-order chi connectivity index (χ0) is 42.2. The van der Waals surface area contributed by atoms with E-state index < -0.39 is 56.6 Å². The Balaban J connectivity index is 1.13. The molecule has 320 valence electrons. The number of rotatable bonds is 9. The van der Waals surface area contributed by atoms with Gasteiger partial charge in [-0.2, -0.15) is 0 Å².